The third kappa shape index (κ3) is 3.71. The number of phosphoric ester groups is 1. The van der Waals surface area contributed by atoms with E-state index in [0.29, 0.717) is 16.8 Å². The van der Waals surface area contributed by atoms with Gasteiger partial charge in [0.05, 0.1) is 7.11 Å². The molecule has 1 rings (SSSR count). The number of hydrogen-bond acceptors (Lipinski definition) is 5. The molecule has 0 atom stereocenters. The van der Waals surface area contributed by atoms with Gasteiger partial charge in [-0.1, -0.05) is 22.0 Å². The molecule has 0 radical (unpaired) electrons. The van der Waals surface area contributed by atoms with Crippen LogP contribution in [-0.4, -0.2) is 21.3 Å². The Kier molecular flexibility index (Phi) is 5.46. The van der Waals surface area contributed by atoms with Gasteiger partial charge in [0.1, 0.15) is 0 Å². The summed E-state index contributed by atoms with van der Waals surface area (Å²) in [6.07, 6.45) is 0. The highest BCUT2D eigenvalue weighted by molar-refractivity contribution is 9.08. The highest BCUT2D eigenvalue weighted by Crippen LogP contribution is 2.50. The van der Waals surface area contributed by atoms with Crippen LogP contribution in [0.3, 0.4) is 0 Å². The third-order valence-corrected chi connectivity index (χ3v) is 4.00. The first-order valence-electron chi connectivity index (χ1n) is 4.72. The fourth-order valence-corrected chi connectivity index (χ4v) is 2.18. The summed E-state index contributed by atoms with van der Waals surface area (Å²) in [5.41, 5.74) is 0.958. The molecule has 5 nitrogen and oxygen atoms in total. The van der Waals surface area contributed by atoms with Gasteiger partial charge in [-0.15, -0.1) is 0 Å². The molecule has 0 aliphatic rings. The highest BCUT2D eigenvalue weighted by Gasteiger charge is 2.26. The molecule has 0 saturated heterocycles. The van der Waals surface area contributed by atoms with Crippen LogP contribution in [0.25, 0.3) is 0 Å². The van der Waals surface area contributed by atoms with E-state index in [0.717, 1.165) is 5.56 Å². The minimum Gasteiger partial charge on any atom is -0.493 e. The van der Waals surface area contributed by atoms with Crippen molar-refractivity contribution >= 4 is 23.8 Å². The first-order valence-corrected chi connectivity index (χ1v) is 7.30. The molecule has 96 valence electrons. The second kappa shape index (κ2) is 6.40. The number of alkyl halides is 1. The molecule has 17 heavy (non-hydrogen) atoms. The average molecular weight is 325 g/mol. The number of hydrogen-bond donors (Lipinski definition) is 0. The van der Waals surface area contributed by atoms with Gasteiger partial charge in [-0.3, -0.25) is 9.05 Å². The fourth-order valence-electron chi connectivity index (χ4n) is 1.15. The zero-order valence-corrected chi connectivity index (χ0v) is 12.3. The molecule has 0 aliphatic heterocycles. The van der Waals surface area contributed by atoms with Crippen LogP contribution in [-0.2, 0) is 18.9 Å². The van der Waals surface area contributed by atoms with E-state index in [1.807, 2.05) is 6.07 Å². The van der Waals surface area contributed by atoms with Gasteiger partial charge in [0.25, 0.3) is 0 Å². The lowest BCUT2D eigenvalue weighted by molar-refractivity contribution is 0.208. The van der Waals surface area contributed by atoms with Crippen LogP contribution in [0.2, 0.25) is 0 Å². The smallest absolute Gasteiger partial charge is 0.493 e. The van der Waals surface area contributed by atoms with E-state index in [4.69, 9.17) is 18.3 Å². The Morgan fingerprint density at radius 2 is 1.82 bits per heavy atom. The number of methoxy groups -OCH3 is 1. The van der Waals surface area contributed by atoms with Gasteiger partial charge in [0.15, 0.2) is 11.5 Å². The molecule has 0 bridgehead atoms. The monoisotopic (exact) mass is 324 g/mol. The molecule has 0 heterocycles. The van der Waals surface area contributed by atoms with E-state index in [9.17, 15) is 4.57 Å². The minimum atomic E-state index is -3.57. The van der Waals surface area contributed by atoms with Gasteiger partial charge in [0, 0.05) is 19.5 Å². The number of ether oxygens (including phenoxy) is 1. The van der Waals surface area contributed by atoms with Crippen molar-refractivity contribution in [3.8, 4) is 11.5 Å². The lowest BCUT2D eigenvalue weighted by Gasteiger charge is -2.16. The molecule has 0 saturated carbocycles. The van der Waals surface area contributed by atoms with Gasteiger partial charge in [-0.25, -0.2) is 4.57 Å². The molecule has 7 heteroatoms. The van der Waals surface area contributed by atoms with Gasteiger partial charge < -0.3 is 9.26 Å². The van der Waals surface area contributed by atoms with Crippen molar-refractivity contribution in [3.63, 3.8) is 0 Å². The summed E-state index contributed by atoms with van der Waals surface area (Å²) >= 11 is 3.32. The summed E-state index contributed by atoms with van der Waals surface area (Å²) in [7, 11) is 0.442. The third-order valence-electron chi connectivity index (χ3n) is 2.04. The number of phosphoric acid groups is 1. The average Bonchev–Trinajstić information content (AvgIpc) is 2.38. The summed E-state index contributed by atoms with van der Waals surface area (Å²) in [5.74, 6) is 0.778. The van der Waals surface area contributed by atoms with Crippen LogP contribution >= 0.6 is 23.8 Å². The van der Waals surface area contributed by atoms with Crippen molar-refractivity contribution < 1.29 is 22.9 Å². The molecular weight excluding hydrogens is 311 g/mol. The first-order chi connectivity index (χ1) is 8.08. The first kappa shape index (κ1) is 14.5. The maximum absolute atomic E-state index is 11.9. The lowest BCUT2D eigenvalue weighted by Crippen LogP contribution is -1.99. The highest BCUT2D eigenvalue weighted by atomic mass is 79.9. The quantitative estimate of drug-likeness (QED) is 0.593. The predicted molar refractivity (Wildman–Crippen MR) is 67.9 cm³/mol. The zero-order valence-electron chi connectivity index (χ0n) is 9.81. The van der Waals surface area contributed by atoms with E-state index in [-0.39, 0.29) is 0 Å². The lowest BCUT2D eigenvalue weighted by atomic mass is 10.2. The van der Waals surface area contributed by atoms with Crippen molar-refractivity contribution in [1.29, 1.82) is 0 Å². The van der Waals surface area contributed by atoms with E-state index in [2.05, 4.69) is 15.9 Å². The summed E-state index contributed by atoms with van der Waals surface area (Å²) in [6.45, 7) is 0. The Labute approximate surface area is 109 Å². The van der Waals surface area contributed by atoms with Gasteiger partial charge in [0.2, 0.25) is 0 Å². The molecular formula is C10H14BrO5P. The van der Waals surface area contributed by atoms with E-state index in [1.165, 1.54) is 21.3 Å². The Morgan fingerprint density at radius 1 is 1.18 bits per heavy atom. The second-order valence-corrected chi connectivity index (χ2v) is 5.39. The number of halogens is 1. The molecule has 0 aliphatic carbocycles. The second-order valence-electron chi connectivity index (χ2n) is 3.02. The molecule has 0 spiro atoms. The van der Waals surface area contributed by atoms with E-state index in [1.54, 1.807) is 12.1 Å². The maximum Gasteiger partial charge on any atom is 0.529 e. The van der Waals surface area contributed by atoms with Crippen LogP contribution in [0.4, 0.5) is 0 Å². The van der Waals surface area contributed by atoms with Crippen LogP contribution in [0.5, 0.6) is 11.5 Å². The van der Waals surface area contributed by atoms with Crippen molar-refractivity contribution in [3.05, 3.63) is 23.8 Å². The minimum absolute atomic E-state index is 0.316. The molecule has 0 amide bonds. The van der Waals surface area contributed by atoms with Crippen LogP contribution in [0.1, 0.15) is 5.56 Å². The standard InChI is InChI=1S/C10H14BrO5P/c1-13-9-5-4-8(7-11)6-10(9)16-17(12,14-2)15-3/h4-6H,7H2,1-3H3. The SMILES string of the molecule is COc1ccc(CBr)cc1OP(=O)(OC)OC. The summed E-state index contributed by atoms with van der Waals surface area (Å²) < 4.78 is 31.6. The van der Waals surface area contributed by atoms with Crippen LogP contribution in [0.15, 0.2) is 18.2 Å². The largest absolute Gasteiger partial charge is 0.529 e. The molecule has 1 aromatic carbocycles. The Balaban J connectivity index is 3.06. The Bertz CT molecular complexity index is 415. The molecule has 0 unspecified atom stereocenters. The van der Waals surface area contributed by atoms with Crippen molar-refractivity contribution in [2.75, 3.05) is 21.3 Å². The molecule has 1 aromatic rings. The zero-order chi connectivity index (χ0) is 12.9. The molecule has 0 N–H and O–H groups in total. The molecule has 0 fully saturated rings. The number of benzene rings is 1. The predicted octanol–water partition coefficient (Wildman–Crippen LogP) is 3.37. The topological polar surface area (TPSA) is 54.0 Å². The van der Waals surface area contributed by atoms with Crippen LogP contribution in [0, 0.1) is 0 Å². The van der Waals surface area contributed by atoms with E-state index >= 15 is 0 Å². The maximum atomic E-state index is 11.9. The van der Waals surface area contributed by atoms with Gasteiger partial charge >= 0.3 is 7.82 Å². The van der Waals surface area contributed by atoms with Crippen molar-refractivity contribution in [2.45, 2.75) is 5.33 Å². The summed E-state index contributed by atoms with van der Waals surface area (Å²) in [5, 5.41) is 0.650. The number of rotatable bonds is 6. The normalized spacial score (nSPS) is 11.3. The molecule has 0 aromatic heterocycles. The van der Waals surface area contributed by atoms with Gasteiger partial charge in [-0.05, 0) is 17.7 Å². The van der Waals surface area contributed by atoms with E-state index < -0.39 is 7.82 Å². The van der Waals surface area contributed by atoms with Crippen molar-refractivity contribution in [2.24, 2.45) is 0 Å². The fraction of sp³-hybridized carbons (Fsp3) is 0.400. The summed E-state index contributed by atoms with van der Waals surface area (Å²) in [4.78, 5) is 0. The van der Waals surface area contributed by atoms with Gasteiger partial charge in [-0.2, -0.15) is 0 Å². The Hall–Kier alpha value is -0.550. The summed E-state index contributed by atoms with van der Waals surface area (Å²) in [6, 6.07) is 5.30. The van der Waals surface area contributed by atoms with Crippen LogP contribution < -0.4 is 9.26 Å². The van der Waals surface area contributed by atoms with Crippen molar-refractivity contribution in [1.82, 2.24) is 0 Å². The Morgan fingerprint density at radius 3 is 2.29 bits per heavy atom.